The summed E-state index contributed by atoms with van der Waals surface area (Å²) in [6.07, 6.45) is 2.69. The second-order valence-corrected chi connectivity index (χ2v) is 7.46. The zero-order chi connectivity index (χ0) is 14.8. The van der Waals surface area contributed by atoms with Gasteiger partial charge < -0.3 is 5.32 Å². The lowest BCUT2D eigenvalue weighted by molar-refractivity contribution is 0.598. The molecule has 0 saturated heterocycles. The van der Waals surface area contributed by atoms with Crippen molar-refractivity contribution in [2.75, 3.05) is 11.6 Å². The third-order valence-electron chi connectivity index (χ3n) is 2.58. The van der Waals surface area contributed by atoms with E-state index in [1.165, 1.54) is 17.6 Å². The van der Waals surface area contributed by atoms with Crippen molar-refractivity contribution < 1.29 is 8.42 Å². The maximum absolute atomic E-state index is 11.3. The summed E-state index contributed by atoms with van der Waals surface area (Å²) < 4.78 is 26.8. The topological polar surface area (TPSA) is 84.8 Å². The highest BCUT2D eigenvalue weighted by molar-refractivity contribution is 7.90. The monoisotopic (exact) mass is 312 g/mol. The van der Waals surface area contributed by atoms with Crippen molar-refractivity contribution in [2.45, 2.75) is 31.3 Å². The van der Waals surface area contributed by atoms with Crippen LogP contribution in [0.2, 0.25) is 0 Å². The molecule has 2 rings (SSSR count). The van der Waals surface area contributed by atoms with Gasteiger partial charge in [0.25, 0.3) is 0 Å². The van der Waals surface area contributed by atoms with E-state index in [0.29, 0.717) is 12.5 Å². The second kappa shape index (κ2) is 5.84. The fourth-order valence-electron chi connectivity index (χ4n) is 1.45. The Bertz CT molecular complexity index is 678. The van der Waals surface area contributed by atoms with Crippen LogP contribution in [-0.2, 0) is 16.4 Å². The minimum atomic E-state index is -3.24. The van der Waals surface area contributed by atoms with Crippen molar-refractivity contribution in [2.24, 2.45) is 0 Å². The first-order valence-corrected chi connectivity index (χ1v) is 8.75. The molecule has 0 aliphatic rings. The van der Waals surface area contributed by atoms with Gasteiger partial charge in [0.15, 0.2) is 14.9 Å². The number of anilines is 1. The van der Waals surface area contributed by atoms with Gasteiger partial charge in [-0.3, -0.25) is 0 Å². The molecule has 1 N–H and O–H groups in total. The Kier molecular flexibility index (Phi) is 4.34. The lowest BCUT2D eigenvalue weighted by atomic mass is 10.2. The summed E-state index contributed by atoms with van der Waals surface area (Å²) in [5.41, 5.74) is 0.888. The van der Waals surface area contributed by atoms with Gasteiger partial charge >= 0.3 is 0 Å². The van der Waals surface area contributed by atoms with Crippen LogP contribution >= 0.6 is 11.5 Å². The van der Waals surface area contributed by atoms with Crippen molar-refractivity contribution in [1.82, 2.24) is 14.3 Å². The maximum Gasteiger partial charge on any atom is 0.202 e. The highest BCUT2D eigenvalue weighted by atomic mass is 32.2. The molecule has 0 atom stereocenters. The fourth-order valence-corrected chi connectivity index (χ4v) is 2.72. The zero-order valence-electron chi connectivity index (χ0n) is 11.5. The third-order valence-corrected chi connectivity index (χ3v) is 4.27. The lowest BCUT2D eigenvalue weighted by Crippen LogP contribution is -2.03. The molecule has 8 heteroatoms. The Morgan fingerprint density at radius 2 is 2.10 bits per heavy atom. The quantitative estimate of drug-likeness (QED) is 0.910. The molecule has 2 aromatic rings. The molecule has 0 aliphatic carbocycles. The van der Waals surface area contributed by atoms with E-state index in [4.69, 9.17) is 0 Å². The number of aromatic nitrogens is 3. The van der Waals surface area contributed by atoms with Gasteiger partial charge in [0.05, 0.1) is 0 Å². The number of sulfone groups is 1. The first kappa shape index (κ1) is 14.9. The average molecular weight is 312 g/mol. The van der Waals surface area contributed by atoms with Gasteiger partial charge in [-0.15, -0.1) is 0 Å². The standard InChI is InChI=1S/C12H16N4O2S2/c1-8(2)11-15-12(19-16-11)14-7-9-4-5-10(13-6-9)20(3,17)18/h4-6,8H,7H2,1-3H3,(H,14,15,16). The molecule has 2 heterocycles. The van der Waals surface area contributed by atoms with Crippen molar-refractivity contribution in [3.8, 4) is 0 Å². The molecule has 6 nitrogen and oxygen atoms in total. The zero-order valence-corrected chi connectivity index (χ0v) is 13.1. The van der Waals surface area contributed by atoms with E-state index < -0.39 is 9.84 Å². The van der Waals surface area contributed by atoms with Crippen molar-refractivity contribution in [3.05, 3.63) is 29.7 Å². The number of rotatable bonds is 5. The SMILES string of the molecule is CC(C)c1nsc(NCc2ccc(S(C)(=O)=O)nc2)n1. The molecule has 0 unspecified atom stereocenters. The second-order valence-electron chi connectivity index (χ2n) is 4.74. The molecule has 0 aromatic carbocycles. The highest BCUT2D eigenvalue weighted by Gasteiger charge is 2.09. The van der Waals surface area contributed by atoms with Gasteiger partial charge in [-0.05, 0) is 11.6 Å². The number of nitrogens with one attached hydrogen (secondary N) is 1. The Labute approximate surface area is 122 Å². The summed E-state index contributed by atoms with van der Waals surface area (Å²) in [5, 5.41) is 3.98. The maximum atomic E-state index is 11.3. The summed E-state index contributed by atoms with van der Waals surface area (Å²) in [4.78, 5) is 8.30. The molecule has 0 saturated carbocycles. The van der Waals surface area contributed by atoms with Crippen molar-refractivity contribution >= 4 is 26.5 Å². The van der Waals surface area contributed by atoms with E-state index in [2.05, 4.69) is 19.7 Å². The number of hydrogen-bond donors (Lipinski definition) is 1. The molecule has 0 fully saturated rings. The first-order chi connectivity index (χ1) is 9.36. The fraction of sp³-hybridized carbons (Fsp3) is 0.417. The number of hydrogen-bond acceptors (Lipinski definition) is 7. The minimum absolute atomic E-state index is 0.0826. The third kappa shape index (κ3) is 3.73. The molecule has 0 spiro atoms. The van der Waals surface area contributed by atoms with Crippen LogP contribution in [0.15, 0.2) is 23.4 Å². The van der Waals surface area contributed by atoms with Crippen LogP contribution in [0, 0.1) is 0 Å². The van der Waals surface area contributed by atoms with Crippen LogP contribution in [0.4, 0.5) is 5.13 Å². The minimum Gasteiger partial charge on any atom is -0.356 e. The van der Waals surface area contributed by atoms with E-state index in [0.717, 1.165) is 22.8 Å². The molecule has 0 aliphatic heterocycles. The summed E-state index contributed by atoms with van der Waals surface area (Å²) in [7, 11) is -3.24. The van der Waals surface area contributed by atoms with Crippen LogP contribution in [0.1, 0.15) is 31.2 Å². The molecule has 0 radical (unpaired) electrons. The Hall–Kier alpha value is -1.54. The molecule has 0 amide bonds. The summed E-state index contributed by atoms with van der Waals surface area (Å²) in [6, 6.07) is 3.24. The van der Waals surface area contributed by atoms with E-state index in [1.54, 1.807) is 12.3 Å². The lowest BCUT2D eigenvalue weighted by Gasteiger charge is -2.03. The van der Waals surface area contributed by atoms with Crippen molar-refractivity contribution in [3.63, 3.8) is 0 Å². The molecular weight excluding hydrogens is 296 g/mol. The Balaban J connectivity index is 2.00. The predicted molar refractivity (Wildman–Crippen MR) is 78.7 cm³/mol. The molecule has 108 valence electrons. The normalized spacial score (nSPS) is 11.8. The average Bonchev–Trinajstić information content (AvgIpc) is 2.85. The van der Waals surface area contributed by atoms with Crippen LogP contribution in [0.5, 0.6) is 0 Å². The van der Waals surface area contributed by atoms with Crippen molar-refractivity contribution in [1.29, 1.82) is 0 Å². The van der Waals surface area contributed by atoms with Gasteiger partial charge in [-0.1, -0.05) is 19.9 Å². The summed E-state index contributed by atoms with van der Waals surface area (Å²) >= 11 is 1.32. The van der Waals surface area contributed by atoms with Gasteiger partial charge in [-0.2, -0.15) is 4.37 Å². The molecular formula is C12H16N4O2S2. The molecule has 20 heavy (non-hydrogen) atoms. The summed E-state index contributed by atoms with van der Waals surface area (Å²) in [5.74, 6) is 1.13. The Morgan fingerprint density at radius 1 is 1.35 bits per heavy atom. The van der Waals surface area contributed by atoms with Crippen LogP contribution in [0.3, 0.4) is 0 Å². The predicted octanol–water partition coefficient (Wildman–Crippen LogP) is 2.07. The molecule has 2 aromatic heterocycles. The molecule has 0 bridgehead atoms. The van der Waals surface area contributed by atoms with Crippen LogP contribution in [0.25, 0.3) is 0 Å². The van der Waals surface area contributed by atoms with Gasteiger partial charge in [0.2, 0.25) is 5.13 Å². The van der Waals surface area contributed by atoms with E-state index in [-0.39, 0.29) is 5.03 Å². The van der Waals surface area contributed by atoms with E-state index >= 15 is 0 Å². The largest absolute Gasteiger partial charge is 0.356 e. The Morgan fingerprint density at radius 3 is 2.60 bits per heavy atom. The first-order valence-electron chi connectivity index (χ1n) is 6.08. The van der Waals surface area contributed by atoms with Gasteiger partial charge in [-0.25, -0.2) is 18.4 Å². The summed E-state index contributed by atoms with van der Waals surface area (Å²) in [6.45, 7) is 4.61. The van der Waals surface area contributed by atoms with Crippen LogP contribution in [-0.4, -0.2) is 29.0 Å². The van der Waals surface area contributed by atoms with E-state index in [1.807, 2.05) is 13.8 Å². The smallest absolute Gasteiger partial charge is 0.202 e. The van der Waals surface area contributed by atoms with Crippen LogP contribution < -0.4 is 5.32 Å². The number of pyridine rings is 1. The highest BCUT2D eigenvalue weighted by Crippen LogP contribution is 2.18. The number of nitrogens with zero attached hydrogens (tertiary/aromatic N) is 3. The van der Waals surface area contributed by atoms with Gasteiger partial charge in [0.1, 0.15) is 5.82 Å². The van der Waals surface area contributed by atoms with Gasteiger partial charge in [0, 0.05) is 36.4 Å². The van der Waals surface area contributed by atoms with E-state index in [9.17, 15) is 8.42 Å².